The molecule has 1 aromatic carbocycles. The standard InChI is InChI=1S/C12H16ClNO/c1-8-3-4-10(13)7-12(8)14-11-5-6-15-9(11)2/h3-4,7,9,11,14H,5-6H2,1-2H3/t9-,11+/m0/s1. The minimum absolute atomic E-state index is 0.281. The number of benzene rings is 1. The lowest BCUT2D eigenvalue weighted by molar-refractivity contribution is 0.121. The summed E-state index contributed by atoms with van der Waals surface area (Å²) in [7, 11) is 0. The molecule has 1 aromatic rings. The van der Waals surface area contributed by atoms with Gasteiger partial charge in [0.05, 0.1) is 12.1 Å². The van der Waals surface area contributed by atoms with Crippen molar-refractivity contribution in [2.24, 2.45) is 0 Å². The second-order valence-corrected chi connectivity index (χ2v) is 4.51. The molecule has 3 heteroatoms. The molecule has 1 saturated heterocycles. The van der Waals surface area contributed by atoms with Crippen LogP contribution in [0.15, 0.2) is 18.2 Å². The van der Waals surface area contributed by atoms with Crippen LogP contribution < -0.4 is 5.32 Å². The van der Waals surface area contributed by atoms with E-state index in [0.717, 1.165) is 23.7 Å². The summed E-state index contributed by atoms with van der Waals surface area (Å²) in [6, 6.07) is 6.33. The fourth-order valence-electron chi connectivity index (χ4n) is 1.87. The highest BCUT2D eigenvalue weighted by Gasteiger charge is 2.24. The van der Waals surface area contributed by atoms with Gasteiger partial charge in [-0.1, -0.05) is 17.7 Å². The van der Waals surface area contributed by atoms with Gasteiger partial charge in [-0.3, -0.25) is 0 Å². The number of halogens is 1. The predicted octanol–water partition coefficient (Wildman–Crippen LogP) is 3.24. The smallest absolute Gasteiger partial charge is 0.0748 e. The Morgan fingerprint density at radius 2 is 2.27 bits per heavy atom. The van der Waals surface area contributed by atoms with E-state index >= 15 is 0 Å². The third-order valence-electron chi connectivity index (χ3n) is 2.92. The van der Waals surface area contributed by atoms with E-state index in [-0.39, 0.29) is 6.10 Å². The highest BCUT2D eigenvalue weighted by molar-refractivity contribution is 6.30. The molecule has 0 aromatic heterocycles. The highest BCUT2D eigenvalue weighted by atomic mass is 35.5. The molecular formula is C12H16ClNO. The van der Waals surface area contributed by atoms with E-state index in [1.54, 1.807) is 0 Å². The van der Waals surface area contributed by atoms with Crippen molar-refractivity contribution in [1.82, 2.24) is 0 Å². The second kappa shape index (κ2) is 4.42. The Labute approximate surface area is 95.6 Å². The first-order valence-electron chi connectivity index (χ1n) is 5.31. The van der Waals surface area contributed by atoms with Crippen molar-refractivity contribution in [3.05, 3.63) is 28.8 Å². The summed E-state index contributed by atoms with van der Waals surface area (Å²) in [4.78, 5) is 0. The molecule has 0 bridgehead atoms. The molecule has 1 aliphatic rings. The molecule has 1 aliphatic heterocycles. The monoisotopic (exact) mass is 225 g/mol. The molecule has 0 amide bonds. The molecule has 15 heavy (non-hydrogen) atoms. The van der Waals surface area contributed by atoms with Crippen LogP contribution in [-0.2, 0) is 4.74 Å². The Kier molecular flexibility index (Phi) is 3.17. The average molecular weight is 226 g/mol. The summed E-state index contributed by atoms with van der Waals surface area (Å²) in [5.74, 6) is 0. The van der Waals surface area contributed by atoms with Crippen LogP contribution >= 0.6 is 11.6 Å². The van der Waals surface area contributed by atoms with Gasteiger partial charge >= 0.3 is 0 Å². The minimum Gasteiger partial charge on any atom is -0.379 e. The zero-order valence-electron chi connectivity index (χ0n) is 9.09. The fourth-order valence-corrected chi connectivity index (χ4v) is 2.04. The van der Waals surface area contributed by atoms with Crippen molar-refractivity contribution in [3.8, 4) is 0 Å². The van der Waals surface area contributed by atoms with E-state index in [1.165, 1.54) is 5.56 Å². The van der Waals surface area contributed by atoms with E-state index in [9.17, 15) is 0 Å². The van der Waals surface area contributed by atoms with Gasteiger partial charge in [-0.15, -0.1) is 0 Å². The van der Waals surface area contributed by atoms with Crippen molar-refractivity contribution in [1.29, 1.82) is 0 Å². The lowest BCUT2D eigenvalue weighted by Gasteiger charge is -2.19. The molecule has 1 fully saturated rings. The van der Waals surface area contributed by atoms with Gasteiger partial charge < -0.3 is 10.1 Å². The molecule has 1 heterocycles. The largest absolute Gasteiger partial charge is 0.379 e. The molecular weight excluding hydrogens is 210 g/mol. The topological polar surface area (TPSA) is 21.3 Å². The average Bonchev–Trinajstić information content (AvgIpc) is 2.58. The molecule has 0 radical (unpaired) electrons. The van der Waals surface area contributed by atoms with Crippen LogP contribution in [0.4, 0.5) is 5.69 Å². The first kappa shape index (κ1) is 10.8. The van der Waals surface area contributed by atoms with Crippen LogP contribution in [0.1, 0.15) is 18.9 Å². The van der Waals surface area contributed by atoms with Crippen LogP contribution in [0.3, 0.4) is 0 Å². The van der Waals surface area contributed by atoms with Crippen LogP contribution in [-0.4, -0.2) is 18.8 Å². The number of hydrogen-bond donors (Lipinski definition) is 1. The maximum Gasteiger partial charge on any atom is 0.0748 e. The highest BCUT2D eigenvalue weighted by Crippen LogP contribution is 2.24. The van der Waals surface area contributed by atoms with E-state index in [0.29, 0.717) is 6.04 Å². The fraction of sp³-hybridized carbons (Fsp3) is 0.500. The molecule has 0 aliphatic carbocycles. The Hall–Kier alpha value is -0.730. The van der Waals surface area contributed by atoms with Gasteiger partial charge in [0.15, 0.2) is 0 Å². The third-order valence-corrected chi connectivity index (χ3v) is 3.15. The van der Waals surface area contributed by atoms with E-state index in [4.69, 9.17) is 16.3 Å². The van der Waals surface area contributed by atoms with Crippen molar-refractivity contribution in [2.75, 3.05) is 11.9 Å². The van der Waals surface area contributed by atoms with Crippen LogP contribution in [0.25, 0.3) is 0 Å². The first-order chi connectivity index (χ1) is 7.16. The Morgan fingerprint density at radius 3 is 2.93 bits per heavy atom. The van der Waals surface area contributed by atoms with Gasteiger partial charge in [-0.25, -0.2) is 0 Å². The maximum atomic E-state index is 5.97. The van der Waals surface area contributed by atoms with E-state index in [2.05, 4.69) is 19.2 Å². The number of hydrogen-bond acceptors (Lipinski definition) is 2. The van der Waals surface area contributed by atoms with Crippen molar-refractivity contribution >= 4 is 17.3 Å². The van der Waals surface area contributed by atoms with Gasteiger partial charge in [-0.05, 0) is 38.0 Å². The van der Waals surface area contributed by atoms with Crippen LogP contribution in [0.2, 0.25) is 5.02 Å². The van der Waals surface area contributed by atoms with Gasteiger partial charge in [0.2, 0.25) is 0 Å². The SMILES string of the molecule is Cc1ccc(Cl)cc1N[C@@H]1CCO[C@H]1C. The number of rotatable bonds is 2. The molecule has 82 valence electrons. The van der Waals surface area contributed by atoms with Gasteiger partial charge in [0.25, 0.3) is 0 Å². The summed E-state index contributed by atoms with van der Waals surface area (Å²) >= 11 is 5.97. The second-order valence-electron chi connectivity index (χ2n) is 4.07. The molecule has 0 spiro atoms. The predicted molar refractivity (Wildman–Crippen MR) is 63.6 cm³/mol. The minimum atomic E-state index is 0.281. The summed E-state index contributed by atoms with van der Waals surface area (Å²) in [5.41, 5.74) is 2.34. The van der Waals surface area contributed by atoms with Crippen molar-refractivity contribution < 1.29 is 4.74 Å². The molecule has 0 unspecified atom stereocenters. The molecule has 2 rings (SSSR count). The Morgan fingerprint density at radius 1 is 1.47 bits per heavy atom. The summed E-state index contributed by atoms with van der Waals surface area (Å²) in [5, 5.41) is 4.26. The first-order valence-corrected chi connectivity index (χ1v) is 5.69. The zero-order chi connectivity index (χ0) is 10.8. The normalized spacial score (nSPS) is 25.5. The lowest BCUT2D eigenvalue weighted by atomic mass is 10.1. The Balaban J connectivity index is 2.12. The number of aryl methyl sites for hydroxylation is 1. The molecule has 2 nitrogen and oxygen atoms in total. The van der Waals surface area contributed by atoms with E-state index in [1.807, 2.05) is 18.2 Å². The molecule has 2 atom stereocenters. The molecule has 0 saturated carbocycles. The summed E-state index contributed by atoms with van der Waals surface area (Å²) in [6.45, 7) is 5.03. The summed E-state index contributed by atoms with van der Waals surface area (Å²) < 4.78 is 5.51. The van der Waals surface area contributed by atoms with Gasteiger partial charge in [-0.2, -0.15) is 0 Å². The third kappa shape index (κ3) is 2.44. The number of anilines is 1. The lowest BCUT2D eigenvalue weighted by Crippen LogP contribution is -2.26. The van der Waals surface area contributed by atoms with Crippen molar-refractivity contribution in [2.45, 2.75) is 32.4 Å². The number of nitrogens with one attached hydrogen (secondary N) is 1. The Bertz CT molecular complexity index is 353. The van der Waals surface area contributed by atoms with E-state index < -0.39 is 0 Å². The zero-order valence-corrected chi connectivity index (χ0v) is 9.84. The molecule has 1 N–H and O–H groups in total. The number of ether oxygens (including phenoxy) is 1. The van der Waals surface area contributed by atoms with Crippen LogP contribution in [0.5, 0.6) is 0 Å². The van der Waals surface area contributed by atoms with Crippen LogP contribution in [0, 0.1) is 6.92 Å². The summed E-state index contributed by atoms with van der Waals surface area (Å²) in [6.07, 6.45) is 1.34. The van der Waals surface area contributed by atoms with Crippen molar-refractivity contribution in [3.63, 3.8) is 0 Å². The van der Waals surface area contributed by atoms with Gasteiger partial charge in [0, 0.05) is 17.3 Å². The maximum absolute atomic E-state index is 5.97. The quantitative estimate of drug-likeness (QED) is 0.835. The van der Waals surface area contributed by atoms with Gasteiger partial charge in [0.1, 0.15) is 0 Å².